The third-order valence-electron chi connectivity index (χ3n) is 4.37. The van der Waals surface area contributed by atoms with Crippen LogP contribution in [-0.4, -0.2) is 27.1 Å². The van der Waals surface area contributed by atoms with Crippen molar-refractivity contribution < 1.29 is 18.0 Å². The first-order valence-corrected chi connectivity index (χ1v) is 7.76. The number of hydrogen-bond donors (Lipinski definition) is 0. The lowest BCUT2D eigenvalue weighted by Gasteiger charge is -2.25. The molecule has 1 amide bonds. The number of likely N-dealkylation sites (tertiary alicyclic amines) is 1. The Balaban J connectivity index is 1.89. The molecule has 1 atom stereocenters. The maximum atomic E-state index is 12.8. The van der Waals surface area contributed by atoms with E-state index in [1.54, 1.807) is 4.90 Å². The standard InChI is InChI=1S/C17H18F3N3O/c1-11-5-7-12(8-6-11)13-4-3-9-23(13)16(24)14-10-15(17(18,19)20)21-22(14)2/h5-8,10,13H,3-4,9H2,1-2H3/t13-/m0/s1. The molecule has 0 unspecified atom stereocenters. The highest BCUT2D eigenvalue weighted by molar-refractivity contribution is 5.93. The van der Waals surface area contributed by atoms with Gasteiger partial charge in [-0.15, -0.1) is 0 Å². The van der Waals surface area contributed by atoms with E-state index in [0.29, 0.717) is 6.54 Å². The predicted octanol–water partition coefficient (Wildman–Crippen LogP) is 3.72. The van der Waals surface area contributed by atoms with Crippen LogP contribution in [0.1, 0.15) is 46.2 Å². The van der Waals surface area contributed by atoms with Crippen molar-refractivity contribution in [3.8, 4) is 0 Å². The first kappa shape index (κ1) is 16.5. The van der Waals surface area contributed by atoms with E-state index in [1.807, 2.05) is 31.2 Å². The van der Waals surface area contributed by atoms with Gasteiger partial charge in [0.1, 0.15) is 5.69 Å². The van der Waals surface area contributed by atoms with Gasteiger partial charge in [-0.3, -0.25) is 9.48 Å². The van der Waals surface area contributed by atoms with Crippen LogP contribution in [0.25, 0.3) is 0 Å². The zero-order valence-corrected chi connectivity index (χ0v) is 13.5. The summed E-state index contributed by atoms with van der Waals surface area (Å²) in [6, 6.07) is 8.60. The molecule has 0 bridgehead atoms. The normalized spacial score (nSPS) is 18.2. The van der Waals surface area contributed by atoms with Crippen molar-refractivity contribution in [1.82, 2.24) is 14.7 Å². The summed E-state index contributed by atoms with van der Waals surface area (Å²) in [6.07, 6.45) is -2.93. The Labute approximate surface area is 137 Å². The zero-order valence-electron chi connectivity index (χ0n) is 13.5. The van der Waals surface area contributed by atoms with E-state index in [0.717, 1.165) is 34.7 Å². The summed E-state index contributed by atoms with van der Waals surface area (Å²) in [4.78, 5) is 14.4. The lowest BCUT2D eigenvalue weighted by molar-refractivity contribution is -0.141. The largest absolute Gasteiger partial charge is 0.435 e. The molecule has 7 heteroatoms. The Kier molecular flexibility index (Phi) is 4.11. The second kappa shape index (κ2) is 5.96. The van der Waals surface area contributed by atoms with E-state index < -0.39 is 17.8 Å². The first-order valence-electron chi connectivity index (χ1n) is 7.76. The van der Waals surface area contributed by atoms with Crippen LogP contribution in [0.5, 0.6) is 0 Å². The molecule has 3 rings (SSSR count). The molecule has 0 aliphatic carbocycles. The molecular formula is C17H18F3N3O. The molecule has 1 aliphatic rings. The van der Waals surface area contributed by atoms with Gasteiger partial charge in [0.25, 0.3) is 5.91 Å². The number of benzene rings is 1. The number of amides is 1. The number of alkyl halides is 3. The summed E-state index contributed by atoms with van der Waals surface area (Å²) in [7, 11) is 1.36. The number of aromatic nitrogens is 2. The van der Waals surface area contributed by atoms with Crippen molar-refractivity contribution in [1.29, 1.82) is 0 Å². The molecule has 24 heavy (non-hydrogen) atoms. The van der Waals surface area contributed by atoms with Gasteiger partial charge in [-0.05, 0) is 25.3 Å². The number of carbonyl (C=O) groups is 1. The van der Waals surface area contributed by atoms with Gasteiger partial charge in [0, 0.05) is 19.7 Å². The number of aryl methyl sites for hydroxylation is 2. The minimum absolute atomic E-state index is 0.0404. The van der Waals surface area contributed by atoms with Crippen molar-refractivity contribution in [3.05, 3.63) is 52.8 Å². The molecule has 2 aromatic rings. The van der Waals surface area contributed by atoms with E-state index in [9.17, 15) is 18.0 Å². The number of halogens is 3. The topological polar surface area (TPSA) is 38.1 Å². The van der Waals surface area contributed by atoms with Crippen LogP contribution < -0.4 is 0 Å². The van der Waals surface area contributed by atoms with Gasteiger partial charge < -0.3 is 4.90 Å². The third kappa shape index (κ3) is 3.02. The molecule has 128 valence electrons. The second-order valence-corrected chi connectivity index (χ2v) is 6.10. The van der Waals surface area contributed by atoms with Gasteiger partial charge >= 0.3 is 6.18 Å². The summed E-state index contributed by atoms with van der Waals surface area (Å²) in [5.74, 6) is -0.413. The highest BCUT2D eigenvalue weighted by Gasteiger charge is 2.37. The van der Waals surface area contributed by atoms with Gasteiger partial charge in [0.05, 0.1) is 6.04 Å². The predicted molar refractivity (Wildman–Crippen MR) is 82.4 cm³/mol. The van der Waals surface area contributed by atoms with Gasteiger partial charge in [-0.25, -0.2) is 0 Å². The van der Waals surface area contributed by atoms with Crippen LogP contribution >= 0.6 is 0 Å². The third-order valence-corrected chi connectivity index (χ3v) is 4.37. The summed E-state index contributed by atoms with van der Waals surface area (Å²) >= 11 is 0. The van der Waals surface area contributed by atoms with Crippen molar-refractivity contribution in [2.75, 3.05) is 6.54 Å². The van der Waals surface area contributed by atoms with E-state index in [1.165, 1.54) is 7.05 Å². The van der Waals surface area contributed by atoms with Crippen LogP contribution in [-0.2, 0) is 13.2 Å². The molecule has 1 aliphatic heterocycles. The SMILES string of the molecule is Cc1ccc([C@@H]2CCCN2C(=O)c2cc(C(F)(F)F)nn2C)cc1. The van der Waals surface area contributed by atoms with Gasteiger partial charge in [0.2, 0.25) is 0 Å². The van der Waals surface area contributed by atoms with Crippen LogP contribution in [0.3, 0.4) is 0 Å². The lowest BCUT2D eigenvalue weighted by atomic mass is 10.0. The fourth-order valence-corrected chi connectivity index (χ4v) is 3.10. The molecule has 2 heterocycles. The zero-order chi connectivity index (χ0) is 17.5. The fourth-order valence-electron chi connectivity index (χ4n) is 3.10. The molecule has 0 saturated carbocycles. The smallest absolute Gasteiger partial charge is 0.330 e. The molecule has 1 aromatic carbocycles. The van der Waals surface area contributed by atoms with E-state index in [-0.39, 0.29) is 11.7 Å². The fraction of sp³-hybridized carbons (Fsp3) is 0.412. The van der Waals surface area contributed by atoms with Gasteiger partial charge in [-0.1, -0.05) is 29.8 Å². The van der Waals surface area contributed by atoms with E-state index in [2.05, 4.69) is 5.10 Å². The van der Waals surface area contributed by atoms with Crippen molar-refractivity contribution in [2.24, 2.45) is 7.05 Å². The molecule has 1 saturated heterocycles. The summed E-state index contributed by atoms with van der Waals surface area (Å²) in [5.41, 5.74) is 1.04. The Morgan fingerprint density at radius 2 is 1.92 bits per heavy atom. The highest BCUT2D eigenvalue weighted by atomic mass is 19.4. The molecule has 0 radical (unpaired) electrons. The summed E-state index contributed by atoms with van der Waals surface area (Å²) < 4.78 is 39.4. The number of nitrogens with zero attached hydrogens (tertiary/aromatic N) is 3. The molecule has 1 aromatic heterocycles. The molecule has 0 N–H and O–H groups in total. The van der Waals surface area contributed by atoms with Gasteiger partial charge in [0.15, 0.2) is 5.69 Å². The Hall–Kier alpha value is -2.31. The first-order chi connectivity index (χ1) is 11.3. The number of carbonyl (C=O) groups excluding carboxylic acids is 1. The maximum absolute atomic E-state index is 12.8. The molecule has 1 fully saturated rings. The molecule has 4 nitrogen and oxygen atoms in total. The Morgan fingerprint density at radius 1 is 1.25 bits per heavy atom. The molecule has 0 spiro atoms. The second-order valence-electron chi connectivity index (χ2n) is 6.10. The minimum atomic E-state index is -4.56. The average Bonchev–Trinajstić information content (AvgIpc) is 3.13. The number of rotatable bonds is 2. The van der Waals surface area contributed by atoms with E-state index in [4.69, 9.17) is 0 Å². The molecular weight excluding hydrogens is 319 g/mol. The van der Waals surface area contributed by atoms with Crippen LogP contribution in [0.2, 0.25) is 0 Å². The van der Waals surface area contributed by atoms with Crippen molar-refractivity contribution >= 4 is 5.91 Å². The lowest BCUT2D eigenvalue weighted by Crippen LogP contribution is -2.32. The maximum Gasteiger partial charge on any atom is 0.435 e. The highest BCUT2D eigenvalue weighted by Crippen LogP contribution is 2.34. The van der Waals surface area contributed by atoms with Gasteiger partial charge in [-0.2, -0.15) is 18.3 Å². The van der Waals surface area contributed by atoms with Crippen molar-refractivity contribution in [3.63, 3.8) is 0 Å². The summed E-state index contributed by atoms with van der Waals surface area (Å²) in [5, 5.41) is 3.43. The number of hydrogen-bond acceptors (Lipinski definition) is 2. The minimum Gasteiger partial charge on any atom is -0.330 e. The monoisotopic (exact) mass is 337 g/mol. The Morgan fingerprint density at radius 3 is 2.50 bits per heavy atom. The Bertz CT molecular complexity index is 749. The van der Waals surface area contributed by atoms with Crippen LogP contribution in [0, 0.1) is 6.92 Å². The van der Waals surface area contributed by atoms with Crippen molar-refractivity contribution in [2.45, 2.75) is 32.0 Å². The van der Waals surface area contributed by atoms with Crippen LogP contribution in [0.4, 0.5) is 13.2 Å². The summed E-state index contributed by atoms with van der Waals surface area (Å²) in [6.45, 7) is 2.51. The van der Waals surface area contributed by atoms with E-state index >= 15 is 0 Å². The quantitative estimate of drug-likeness (QED) is 0.838. The average molecular weight is 337 g/mol. The van der Waals surface area contributed by atoms with Crippen LogP contribution in [0.15, 0.2) is 30.3 Å².